The number of nitrogens with zero attached hydrogens (tertiary/aromatic N) is 6. The van der Waals surface area contributed by atoms with Crippen LogP contribution in [0.1, 0.15) is 96.7 Å². The molecule has 3 aromatic rings. The van der Waals surface area contributed by atoms with Crippen LogP contribution in [-0.2, 0) is 20.8 Å². The van der Waals surface area contributed by atoms with Gasteiger partial charge in [0, 0.05) is 63.4 Å². The van der Waals surface area contributed by atoms with Crippen molar-refractivity contribution >= 4 is 34.7 Å². The second-order valence-electron chi connectivity index (χ2n) is 15.6. The Morgan fingerprint density at radius 1 is 0.981 bits per heavy atom. The van der Waals surface area contributed by atoms with Gasteiger partial charge in [0.1, 0.15) is 33.7 Å². The van der Waals surface area contributed by atoms with Crippen LogP contribution in [0.3, 0.4) is 0 Å². The van der Waals surface area contributed by atoms with E-state index < -0.39 is 28.7 Å². The molecule has 0 saturated carbocycles. The van der Waals surface area contributed by atoms with Gasteiger partial charge in [-0.1, -0.05) is 6.07 Å². The lowest BCUT2D eigenvalue weighted by Gasteiger charge is -2.37. The van der Waals surface area contributed by atoms with E-state index in [0.29, 0.717) is 69.0 Å². The van der Waals surface area contributed by atoms with Crippen LogP contribution in [0, 0.1) is 5.82 Å². The number of aromatic nitrogens is 3. The van der Waals surface area contributed by atoms with Gasteiger partial charge in [-0.25, -0.2) is 13.9 Å². The molecule has 2 aliphatic rings. The van der Waals surface area contributed by atoms with Gasteiger partial charge in [0.25, 0.3) is 11.5 Å². The van der Waals surface area contributed by atoms with Crippen molar-refractivity contribution < 1.29 is 37.7 Å². The first-order chi connectivity index (χ1) is 24.9. The fourth-order valence-corrected chi connectivity index (χ4v) is 6.72. The number of hydrogen-bond donors (Lipinski definition) is 0. The Morgan fingerprint density at radius 2 is 1.66 bits per heavy atom. The number of carbonyl (C=O) groups excluding carboxylic acids is 3. The van der Waals surface area contributed by atoms with Gasteiger partial charge in [0.2, 0.25) is 0 Å². The third-order valence-corrected chi connectivity index (χ3v) is 9.07. The molecule has 1 fully saturated rings. The van der Waals surface area contributed by atoms with E-state index in [9.17, 15) is 23.6 Å². The normalized spacial score (nSPS) is 16.5. The van der Waals surface area contributed by atoms with Gasteiger partial charge in [-0.05, 0) is 74.3 Å². The number of piperazine rings is 1. The molecule has 2 amide bonds. The highest BCUT2D eigenvalue weighted by molar-refractivity contribution is 6.07. The summed E-state index contributed by atoms with van der Waals surface area (Å²) in [4.78, 5) is 58.7. The lowest BCUT2D eigenvalue weighted by Crippen LogP contribution is -2.50. The van der Waals surface area contributed by atoms with E-state index in [2.05, 4.69) is 0 Å². The monoisotopic (exact) mass is 740 g/mol. The molecule has 1 saturated heterocycles. The maximum absolute atomic E-state index is 14.5. The molecule has 1 aromatic carbocycles. The van der Waals surface area contributed by atoms with Crippen LogP contribution < -0.4 is 19.9 Å². The van der Waals surface area contributed by atoms with Crippen LogP contribution in [0.5, 0.6) is 11.5 Å². The highest BCUT2D eigenvalue weighted by atomic mass is 19.1. The van der Waals surface area contributed by atoms with Gasteiger partial charge in [0.15, 0.2) is 17.3 Å². The van der Waals surface area contributed by atoms with E-state index in [1.165, 1.54) is 23.9 Å². The first kappa shape index (κ1) is 39.4. The number of anilines is 1. The number of benzene rings is 1. The van der Waals surface area contributed by atoms with Crippen molar-refractivity contribution in [3.63, 3.8) is 0 Å². The van der Waals surface area contributed by atoms with E-state index in [0.717, 1.165) is 0 Å². The number of unbranched alkanes of at least 4 members (excludes halogenated alkanes) is 1. The SMILES string of the molecule is CCN1C[C@H](C)n2c(c(OC)c3c(=O)n(Cc4ccc(F)cc4OCCCCC(=O)OC(C)(C)C)nc(N4CCN(C(=O)OC(C)(C)C)CC4)c32)C1=O. The predicted octanol–water partition coefficient (Wildman–Crippen LogP) is 5.38. The number of halogens is 1. The summed E-state index contributed by atoms with van der Waals surface area (Å²) in [6.07, 6.45) is 0.862. The Hall–Kier alpha value is -4.82. The quantitative estimate of drug-likeness (QED) is 0.186. The lowest BCUT2D eigenvalue weighted by atomic mass is 10.2. The molecule has 5 rings (SSSR count). The number of amides is 2. The average molecular weight is 741 g/mol. The summed E-state index contributed by atoms with van der Waals surface area (Å²) < 4.78 is 40.5. The van der Waals surface area contributed by atoms with Gasteiger partial charge >= 0.3 is 12.1 Å². The minimum Gasteiger partial charge on any atom is -0.493 e. The van der Waals surface area contributed by atoms with Gasteiger partial charge in [-0.2, -0.15) is 0 Å². The van der Waals surface area contributed by atoms with Crippen LogP contribution in [0.25, 0.3) is 10.9 Å². The molecular formula is C38H53FN6O8. The number of hydrogen-bond acceptors (Lipinski definition) is 10. The summed E-state index contributed by atoms with van der Waals surface area (Å²) >= 11 is 0. The van der Waals surface area contributed by atoms with E-state index in [1.807, 2.05) is 64.9 Å². The zero-order valence-corrected chi connectivity index (χ0v) is 32.4. The van der Waals surface area contributed by atoms with E-state index in [1.54, 1.807) is 15.9 Å². The Balaban J connectivity index is 1.51. The highest BCUT2D eigenvalue weighted by Gasteiger charge is 2.39. The first-order valence-corrected chi connectivity index (χ1v) is 18.3. The van der Waals surface area contributed by atoms with E-state index in [4.69, 9.17) is 24.0 Å². The topological polar surface area (TPSA) is 138 Å². The molecule has 0 unspecified atom stereocenters. The molecule has 15 heteroatoms. The summed E-state index contributed by atoms with van der Waals surface area (Å²) in [5.41, 5.74) is -0.409. The van der Waals surface area contributed by atoms with Crippen LogP contribution in [0.4, 0.5) is 15.0 Å². The number of rotatable bonds is 11. The van der Waals surface area contributed by atoms with Crippen molar-refractivity contribution in [1.82, 2.24) is 24.1 Å². The average Bonchev–Trinajstić information content (AvgIpc) is 3.43. The van der Waals surface area contributed by atoms with Gasteiger partial charge in [-0.15, -0.1) is 5.10 Å². The largest absolute Gasteiger partial charge is 0.493 e. The molecule has 0 bridgehead atoms. The van der Waals surface area contributed by atoms with Crippen LogP contribution in [-0.4, -0.2) is 106 Å². The Bertz CT molecular complexity index is 1900. The molecular weight excluding hydrogens is 687 g/mol. The zero-order chi connectivity index (χ0) is 38.8. The van der Waals surface area contributed by atoms with Gasteiger partial charge < -0.3 is 38.2 Å². The molecule has 2 aromatic heterocycles. The third kappa shape index (κ3) is 8.87. The summed E-state index contributed by atoms with van der Waals surface area (Å²) in [6, 6.07) is 3.92. The molecule has 290 valence electrons. The third-order valence-electron chi connectivity index (χ3n) is 9.07. The smallest absolute Gasteiger partial charge is 0.410 e. The predicted molar refractivity (Wildman–Crippen MR) is 198 cm³/mol. The van der Waals surface area contributed by atoms with Crippen molar-refractivity contribution in [2.45, 2.75) is 98.4 Å². The summed E-state index contributed by atoms with van der Waals surface area (Å²) in [6.45, 7) is 17.4. The maximum Gasteiger partial charge on any atom is 0.410 e. The minimum atomic E-state index is -0.642. The summed E-state index contributed by atoms with van der Waals surface area (Å²) in [7, 11) is 1.44. The fourth-order valence-electron chi connectivity index (χ4n) is 6.72. The minimum absolute atomic E-state index is 0.0680. The van der Waals surface area contributed by atoms with Crippen molar-refractivity contribution in [2.24, 2.45) is 0 Å². The molecule has 1 atom stereocenters. The Kier molecular flexibility index (Phi) is 11.6. The number of methoxy groups -OCH3 is 1. The van der Waals surface area contributed by atoms with Gasteiger partial charge in [0.05, 0.1) is 20.3 Å². The number of fused-ring (bicyclic) bond motifs is 3. The highest BCUT2D eigenvalue weighted by Crippen LogP contribution is 2.41. The molecule has 0 aliphatic carbocycles. The molecule has 53 heavy (non-hydrogen) atoms. The first-order valence-electron chi connectivity index (χ1n) is 18.3. The van der Waals surface area contributed by atoms with E-state index in [-0.39, 0.29) is 60.1 Å². The number of carbonyl (C=O) groups is 3. The van der Waals surface area contributed by atoms with E-state index >= 15 is 0 Å². The number of esters is 1. The van der Waals surface area contributed by atoms with Crippen molar-refractivity contribution in [3.8, 4) is 11.5 Å². The molecule has 0 radical (unpaired) electrons. The summed E-state index contributed by atoms with van der Waals surface area (Å²) in [5.74, 6) is -0.172. The zero-order valence-electron chi connectivity index (χ0n) is 32.4. The molecule has 14 nitrogen and oxygen atoms in total. The van der Waals surface area contributed by atoms with Crippen LogP contribution in [0.15, 0.2) is 23.0 Å². The summed E-state index contributed by atoms with van der Waals surface area (Å²) in [5, 5.41) is 5.13. The lowest BCUT2D eigenvalue weighted by molar-refractivity contribution is -0.154. The van der Waals surface area contributed by atoms with Crippen molar-refractivity contribution in [1.29, 1.82) is 0 Å². The maximum atomic E-state index is 14.5. The Labute approximate surface area is 309 Å². The van der Waals surface area contributed by atoms with Crippen LogP contribution >= 0.6 is 0 Å². The van der Waals surface area contributed by atoms with Gasteiger partial charge in [-0.3, -0.25) is 14.4 Å². The standard InChI is InChI=1S/C38H53FN6O8/c1-10-41-22-24(2)45-30-29(32(50-9)31(45)35(41)48)34(47)44(40-33(30)42-16-18-43(19-17-42)36(49)53-38(6,7)8)23-25-14-15-26(39)21-27(25)51-20-12-11-13-28(46)52-37(3,4)5/h14-15,21,24H,10-13,16-20,22-23H2,1-9H3/t24-/m0/s1. The van der Waals surface area contributed by atoms with Crippen molar-refractivity contribution in [3.05, 3.63) is 45.6 Å². The van der Waals surface area contributed by atoms with Crippen molar-refractivity contribution in [2.75, 3.05) is 57.9 Å². The second kappa shape index (κ2) is 15.7. The number of likely N-dealkylation sites (N-methyl/N-ethyl adjacent to an activating group) is 1. The second-order valence-corrected chi connectivity index (χ2v) is 15.6. The fraction of sp³-hybridized carbons (Fsp3) is 0.605. The molecule has 0 N–H and O–H groups in total. The number of ether oxygens (including phenoxy) is 4. The van der Waals surface area contributed by atoms with Crippen LogP contribution in [0.2, 0.25) is 0 Å². The molecule has 0 spiro atoms. The Morgan fingerprint density at radius 3 is 2.28 bits per heavy atom. The molecule has 2 aliphatic heterocycles. The molecule has 4 heterocycles.